The van der Waals surface area contributed by atoms with Crippen molar-refractivity contribution < 1.29 is 0 Å². The first-order valence-corrected chi connectivity index (χ1v) is 7.60. The molecule has 5 unspecified atom stereocenters. The van der Waals surface area contributed by atoms with E-state index < -0.39 is 0 Å². The van der Waals surface area contributed by atoms with Gasteiger partial charge in [-0.2, -0.15) is 0 Å². The van der Waals surface area contributed by atoms with E-state index in [1.165, 1.54) is 37.7 Å². The Morgan fingerprint density at radius 1 is 1.17 bits per heavy atom. The smallest absolute Gasteiger partial charge is 0.0139 e. The summed E-state index contributed by atoms with van der Waals surface area (Å²) in [5.41, 5.74) is 8.09. The number of hydrogen-bond acceptors (Lipinski definition) is 1. The van der Waals surface area contributed by atoms with Crippen molar-refractivity contribution in [2.24, 2.45) is 23.5 Å². The van der Waals surface area contributed by atoms with Crippen LogP contribution in [-0.4, -0.2) is 6.04 Å². The van der Waals surface area contributed by atoms with E-state index in [0.717, 1.165) is 17.8 Å². The van der Waals surface area contributed by atoms with Gasteiger partial charge in [-0.1, -0.05) is 43.7 Å². The number of rotatable bonds is 4. The van der Waals surface area contributed by atoms with Crippen LogP contribution < -0.4 is 5.73 Å². The van der Waals surface area contributed by atoms with E-state index in [1.54, 1.807) is 0 Å². The lowest BCUT2D eigenvalue weighted by molar-refractivity contribution is 0.253. The first kappa shape index (κ1) is 12.2. The molecule has 2 N–H and O–H groups in total. The molecule has 2 bridgehead atoms. The Kier molecular flexibility index (Phi) is 3.43. The lowest BCUT2D eigenvalue weighted by atomic mass is 9.75. The quantitative estimate of drug-likeness (QED) is 0.851. The van der Waals surface area contributed by atoms with Crippen molar-refractivity contribution in [3.8, 4) is 0 Å². The summed E-state index contributed by atoms with van der Waals surface area (Å²) >= 11 is 0. The second kappa shape index (κ2) is 5.05. The summed E-state index contributed by atoms with van der Waals surface area (Å²) in [7, 11) is 0. The zero-order valence-corrected chi connectivity index (χ0v) is 11.4. The van der Waals surface area contributed by atoms with Crippen LogP contribution in [0.1, 0.15) is 50.5 Å². The van der Waals surface area contributed by atoms with Crippen LogP contribution in [0.25, 0.3) is 0 Å². The standard InChI is InChI=1S/C17H25N/c1-2-15(13-6-4-3-5-7-13)17(18)16-11-12-8-9-14(16)10-12/h3-7,12,14-17H,2,8-11,18H2,1H3. The molecule has 2 saturated carbocycles. The molecule has 2 aliphatic rings. The van der Waals surface area contributed by atoms with E-state index in [2.05, 4.69) is 37.3 Å². The molecular formula is C17H25N. The molecule has 98 valence electrons. The molecule has 1 aromatic rings. The summed E-state index contributed by atoms with van der Waals surface area (Å²) in [5, 5.41) is 0. The van der Waals surface area contributed by atoms with Gasteiger partial charge in [0.25, 0.3) is 0 Å². The lowest BCUT2D eigenvalue weighted by Gasteiger charge is -2.33. The number of hydrogen-bond donors (Lipinski definition) is 1. The fraction of sp³-hybridized carbons (Fsp3) is 0.647. The number of benzene rings is 1. The van der Waals surface area contributed by atoms with Gasteiger partial charge in [-0.3, -0.25) is 0 Å². The average Bonchev–Trinajstić information content (AvgIpc) is 3.03. The molecule has 0 aromatic heterocycles. The maximum atomic E-state index is 6.65. The molecule has 5 atom stereocenters. The van der Waals surface area contributed by atoms with Crippen LogP contribution in [0.3, 0.4) is 0 Å². The predicted molar refractivity (Wildman–Crippen MR) is 76.4 cm³/mol. The molecule has 0 spiro atoms. The van der Waals surface area contributed by atoms with E-state index >= 15 is 0 Å². The van der Waals surface area contributed by atoms with E-state index in [9.17, 15) is 0 Å². The maximum absolute atomic E-state index is 6.65. The predicted octanol–water partition coefficient (Wildman–Crippen LogP) is 3.94. The minimum atomic E-state index is 0.368. The van der Waals surface area contributed by atoms with E-state index in [1.807, 2.05) is 0 Å². The fourth-order valence-electron chi connectivity index (χ4n) is 4.49. The highest BCUT2D eigenvalue weighted by atomic mass is 14.7. The minimum absolute atomic E-state index is 0.368. The molecule has 0 saturated heterocycles. The van der Waals surface area contributed by atoms with E-state index in [-0.39, 0.29) is 0 Å². The molecule has 0 amide bonds. The Morgan fingerprint density at radius 3 is 2.50 bits per heavy atom. The highest BCUT2D eigenvalue weighted by Gasteiger charge is 2.43. The third kappa shape index (κ3) is 2.09. The van der Waals surface area contributed by atoms with Crippen LogP contribution in [0, 0.1) is 17.8 Å². The number of nitrogens with two attached hydrogens (primary N) is 1. The van der Waals surface area contributed by atoms with E-state index in [0.29, 0.717) is 12.0 Å². The van der Waals surface area contributed by atoms with Crippen molar-refractivity contribution in [1.82, 2.24) is 0 Å². The zero-order valence-electron chi connectivity index (χ0n) is 11.4. The second-order valence-corrected chi connectivity index (χ2v) is 6.34. The van der Waals surface area contributed by atoms with Crippen LogP contribution in [-0.2, 0) is 0 Å². The highest BCUT2D eigenvalue weighted by Crippen LogP contribution is 2.51. The van der Waals surface area contributed by atoms with Crippen LogP contribution in [0.4, 0.5) is 0 Å². The first-order valence-electron chi connectivity index (χ1n) is 7.60. The normalized spacial score (nSPS) is 33.6. The molecule has 3 rings (SSSR count). The Bertz CT molecular complexity index is 386. The molecular weight excluding hydrogens is 218 g/mol. The average molecular weight is 243 g/mol. The van der Waals surface area contributed by atoms with Crippen LogP contribution in [0.2, 0.25) is 0 Å². The summed E-state index contributed by atoms with van der Waals surface area (Å²) < 4.78 is 0. The van der Waals surface area contributed by atoms with Crippen LogP contribution in [0.5, 0.6) is 0 Å². The lowest BCUT2D eigenvalue weighted by Crippen LogP contribution is -2.38. The van der Waals surface area contributed by atoms with E-state index in [4.69, 9.17) is 5.73 Å². The summed E-state index contributed by atoms with van der Waals surface area (Å²) in [4.78, 5) is 0. The number of fused-ring (bicyclic) bond motifs is 2. The largest absolute Gasteiger partial charge is 0.327 e. The van der Waals surface area contributed by atoms with Gasteiger partial charge in [0, 0.05) is 6.04 Å². The molecule has 1 nitrogen and oxygen atoms in total. The molecule has 2 fully saturated rings. The van der Waals surface area contributed by atoms with Crippen molar-refractivity contribution in [1.29, 1.82) is 0 Å². The van der Waals surface area contributed by atoms with Crippen molar-refractivity contribution in [2.75, 3.05) is 0 Å². The highest BCUT2D eigenvalue weighted by molar-refractivity contribution is 5.22. The third-order valence-electron chi connectivity index (χ3n) is 5.42. The molecule has 0 heterocycles. The molecule has 0 radical (unpaired) electrons. The summed E-state index contributed by atoms with van der Waals surface area (Å²) in [6.45, 7) is 2.28. The third-order valence-corrected chi connectivity index (χ3v) is 5.42. The SMILES string of the molecule is CCC(c1ccccc1)C(N)C1CC2CCC1C2. The first-order chi connectivity index (χ1) is 8.79. The van der Waals surface area contributed by atoms with Gasteiger partial charge in [0.1, 0.15) is 0 Å². The second-order valence-electron chi connectivity index (χ2n) is 6.34. The maximum Gasteiger partial charge on any atom is 0.0139 e. The van der Waals surface area contributed by atoms with Crippen molar-refractivity contribution in [3.05, 3.63) is 35.9 Å². The molecule has 18 heavy (non-hydrogen) atoms. The van der Waals surface area contributed by atoms with Gasteiger partial charge < -0.3 is 5.73 Å². The fourth-order valence-corrected chi connectivity index (χ4v) is 4.49. The van der Waals surface area contributed by atoms with Crippen molar-refractivity contribution in [3.63, 3.8) is 0 Å². The van der Waals surface area contributed by atoms with Crippen LogP contribution >= 0.6 is 0 Å². The monoisotopic (exact) mass is 243 g/mol. The summed E-state index contributed by atoms with van der Waals surface area (Å²) in [6, 6.07) is 11.3. The van der Waals surface area contributed by atoms with Gasteiger partial charge in [0.15, 0.2) is 0 Å². The Labute approximate surface area is 111 Å². The Hall–Kier alpha value is -0.820. The summed E-state index contributed by atoms with van der Waals surface area (Å²) in [6.07, 6.45) is 6.93. The molecule has 1 heteroatoms. The van der Waals surface area contributed by atoms with Crippen molar-refractivity contribution in [2.45, 2.75) is 51.0 Å². The summed E-state index contributed by atoms with van der Waals surface area (Å²) in [5.74, 6) is 3.27. The van der Waals surface area contributed by atoms with Gasteiger partial charge in [-0.05, 0) is 54.9 Å². The van der Waals surface area contributed by atoms with Gasteiger partial charge in [-0.15, -0.1) is 0 Å². The van der Waals surface area contributed by atoms with Gasteiger partial charge in [-0.25, -0.2) is 0 Å². The van der Waals surface area contributed by atoms with Gasteiger partial charge in [0.2, 0.25) is 0 Å². The van der Waals surface area contributed by atoms with Gasteiger partial charge in [0.05, 0.1) is 0 Å². The molecule has 2 aliphatic carbocycles. The minimum Gasteiger partial charge on any atom is -0.327 e. The van der Waals surface area contributed by atoms with Crippen molar-refractivity contribution >= 4 is 0 Å². The topological polar surface area (TPSA) is 26.0 Å². The Morgan fingerprint density at radius 2 is 1.94 bits per heavy atom. The Balaban J connectivity index is 1.76. The zero-order chi connectivity index (χ0) is 12.5. The van der Waals surface area contributed by atoms with Crippen LogP contribution in [0.15, 0.2) is 30.3 Å². The van der Waals surface area contributed by atoms with Gasteiger partial charge >= 0.3 is 0 Å². The molecule has 0 aliphatic heterocycles. The molecule has 1 aromatic carbocycles.